The maximum Gasteiger partial charge on any atom is 0.267 e. The second-order valence-electron chi connectivity index (χ2n) is 10.5. The molecule has 6 N–H and O–H groups in total. The van der Waals surface area contributed by atoms with Gasteiger partial charge in [-0.05, 0) is 25.5 Å². The Bertz CT molecular complexity index is 1400. The number of benzene rings is 1. The molecule has 4 rings (SSSR count). The molecule has 0 atom stereocenters. The maximum absolute atomic E-state index is 12.8. The van der Waals surface area contributed by atoms with Crippen molar-refractivity contribution >= 4 is 57.2 Å². The maximum atomic E-state index is 12.8. The second kappa shape index (κ2) is 18.6. The standard InChI is InChI=1S/C30H42ClN9O5S/c1-21-4-3-5-23(31)28(21)38-29(42)24-19-34-30(46-24)37-25-18-26(36-22(2)35-25)40-10-8-39(9-11-40)20-27(41)33-7-13-44-15-17-45-16-14-43-12-6-32/h3-5,18-19H,6-17,20,32H2,1-2H3,(H,33,41)(H,38,42)(H,34,35,36,37)/p+1. The molecule has 0 unspecified atom stereocenters. The van der Waals surface area contributed by atoms with Crippen molar-refractivity contribution in [2.24, 2.45) is 0 Å². The van der Waals surface area contributed by atoms with E-state index in [1.54, 1.807) is 6.07 Å². The Morgan fingerprint density at radius 1 is 1.00 bits per heavy atom. The molecule has 46 heavy (non-hydrogen) atoms. The normalized spacial score (nSPS) is 13.5. The summed E-state index contributed by atoms with van der Waals surface area (Å²) in [7, 11) is 0. The third-order valence-corrected chi connectivity index (χ3v) is 8.14. The fourth-order valence-electron chi connectivity index (χ4n) is 4.59. The summed E-state index contributed by atoms with van der Waals surface area (Å²) in [6, 6.07) is 7.32. The molecule has 3 aromatic rings. The molecule has 2 amide bonds. The number of quaternary nitrogens is 1. The Kier molecular flexibility index (Phi) is 14.4. The first-order chi connectivity index (χ1) is 22.3. The Hall–Kier alpha value is -3.44. The lowest BCUT2D eigenvalue weighted by atomic mass is 10.2. The van der Waals surface area contributed by atoms with E-state index in [2.05, 4.69) is 46.4 Å². The highest BCUT2D eigenvalue weighted by Crippen LogP contribution is 2.28. The zero-order valence-corrected chi connectivity index (χ0v) is 27.9. The molecule has 0 saturated carbocycles. The summed E-state index contributed by atoms with van der Waals surface area (Å²) in [6.07, 6.45) is 1.52. The van der Waals surface area contributed by atoms with Crippen molar-refractivity contribution in [3.63, 3.8) is 0 Å². The number of carbonyl (C=O) groups excluding carboxylic acids is 2. The number of rotatable bonds is 18. The molecule has 1 fully saturated rings. The monoisotopic (exact) mass is 676 g/mol. The van der Waals surface area contributed by atoms with Crippen LogP contribution in [0.3, 0.4) is 0 Å². The number of ether oxygens (including phenoxy) is 3. The van der Waals surface area contributed by atoms with Crippen molar-refractivity contribution < 1.29 is 29.5 Å². The zero-order chi connectivity index (χ0) is 32.7. The average Bonchev–Trinajstić information content (AvgIpc) is 3.50. The zero-order valence-electron chi connectivity index (χ0n) is 26.3. The number of thiazole rings is 1. The predicted octanol–water partition coefficient (Wildman–Crippen LogP) is 1.73. The first kappa shape index (κ1) is 35.4. The lowest BCUT2D eigenvalue weighted by Gasteiger charge is -2.35. The number of nitrogens with zero attached hydrogens (tertiary/aromatic N) is 5. The average molecular weight is 677 g/mol. The van der Waals surface area contributed by atoms with E-state index in [9.17, 15) is 9.59 Å². The number of piperazine rings is 1. The Morgan fingerprint density at radius 3 is 2.43 bits per heavy atom. The number of amides is 2. The number of halogens is 1. The van der Waals surface area contributed by atoms with Crippen LogP contribution in [0, 0.1) is 13.8 Å². The number of aromatic nitrogens is 3. The Balaban J connectivity index is 1.16. The molecular weight excluding hydrogens is 634 g/mol. The van der Waals surface area contributed by atoms with Crippen LogP contribution in [0.5, 0.6) is 0 Å². The summed E-state index contributed by atoms with van der Waals surface area (Å²) in [4.78, 5) is 43.5. The van der Waals surface area contributed by atoms with Gasteiger partial charge in [-0.15, -0.1) is 0 Å². The highest BCUT2D eigenvalue weighted by atomic mass is 35.5. The highest BCUT2D eigenvalue weighted by molar-refractivity contribution is 7.17. The van der Waals surface area contributed by atoms with Gasteiger partial charge >= 0.3 is 0 Å². The molecule has 1 aliphatic heterocycles. The van der Waals surface area contributed by atoms with Crippen LogP contribution in [0.15, 0.2) is 30.5 Å². The summed E-state index contributed by atoms with van der Waals surface area (Å²) in [6.45, 7) is 11.3. The molecule has 2 aromatic heterocycles. The minimum atomic E-state index is -0.287. The quantitative estimate of drug-likeness (QED) is 0.145. The summed E-state index contributed by atoms with van der Waals surface area (Å²) in [5, 5.41) is 10.00. The van der Waals surface area contributed by atoms with Gasteiger partial charge in [-0.25, -0.2) is 15.0 Å². The van der Waals surface area contributed by atoms with Gasteiger partial charge in [-0.3, -0.25) is 14.5 Å². The first-order valence-corrected chi connectivity index (χ1v) is 16.4. The number of nitrogens with one attached hydrogen (secondary N) is 3. The van der Waals surface area contributed by atoms with Crippen LogP contribution in [-0.2, 0) is 19.0 Å². The van der Waals surface area contributed by atoms with Crippen molar-refractivity contribution in [1.82, 2.24) is 25.2 Å². The van der Waals surface area contributed by atoms with E-state index < -0.39 is 0 Å². The van der Waals surface area contributed by atoms with Gasteiger partial charge in [0.15, 0.2) is 5.13 Å². The SMILES string of the molecule is Cc1nc(Nc2ncc(C(=O)Nc3c(C)cccc3Cl)s2)cc(N2CCN(CC(=O)NCCOCCOCCOCC[NH3+])CC2)n1. The summed E-state index contributed by atoms with van der Waals surface area (Å²) in [5.41, 5.74) is 5.17. The van der Waals surface area contributed by atoms with Crippen molar-refractivity contribution in [2.45, 2.75) is 13.8 Å². The Labute approximate surface area is 278 Å². The third-order valence-electron chi connectivity index (χ3n) is 6.91. The van der Waals surface area contributed by atoms with Gasteiger partial charge in [0.1, 0.15) is 22.3 Å². The molecule has 1 aromatic carbocycles. The minimum absolute atomic E-state index is 0.0290. The summed E-state index contributed by atoms with van der Waals surface area (Å²) < 4.78 is 16.2. The molecule has 1 saturated heterocycles. The van der Waals surface area contributed by atoms with Crippen molar-refractivity contribution in [1.29, 1.82) is 0 Å². The van der Waals surface area contributed by atoms with Crippen molar-refractivity contribution in [3.8, 4) is 0 Å². The smallest absolute Gasteiger partial charge is 0.267 e. The number of anilines is 4. The van der Waals surface area contributed by atoms with Crippen molar-refractivity contribution in [2.75, 3.05) is 101 Å². The first-order valence-electron chi connectivity index (χ1n) is 15.2. The lowest BCUT2D eigenvalue weighted by molar-refractivity contribution is -0.374. The minimum Gasteiger partial charge on any atom is -0.377 e. The van der Waals surface area contributed by atoms with Crippen LogP contribution in [0.25, 0.3) is 0 Å². The molecule has 3 heterocycles. The van der Waals surface area contributed by atoms with Gasteiger partial charge in [-0.1, -0.05) is 35.1 Å². The van der Waals surface area contributed by atoms with Gasteiger partial charge in [-0.2, -0.15) is 0 Å². The van der Waals surface area contributed by atoms with E-state index in [0.717, 1.165) is 44.1 Å². The molecule has 0 bridgehead atoms. The molecule has 14 nitrogen and oxygen atoms in total. The molecule has 0 aliphatic carbocycles. The van der Waals surface area contributed by atoms with Crippen LogP contribution in [0.2, 0.25) is 5.02 Å². The second-order valence-corrected chi connectivity index (χ2v) is 11.9. The molecule has 1 aliphatic rings. The van der Waals surface area contributed by atoms with Gasteiger partial charge in [0.05, 0.1) is 69.6 Å². The van der Waals surface area contributed by atoms with Gasteiger partial charge in [0.2, 0.25) is 5.91 Å². The lowest BCUT2D eigenvalue weighted by Crippen LogP contribution is -2.52. The van der Waals surface area contributed by atoms with E-state index in [-0.39, 0.29) is 11.8 Å². The number of hydrogen-bond donors (Lipinski definition) is 4. The van der Waals surface area contributed by atoms with Crippen LogP contribution in [0.4, 0.5) is 22.5 Å². The van der Waals surface area contributed by atoms with Crippen LogP contribution in [-0.4, -0.2) is 117 Å². The number of aryl methyl sites for hydroxylation is 2. The fourth-order valence-corrected chi connectivity index (χ4v) is 5.58. The van der Waals surface area contributed by atoms with Crippen LogP contribution < -0.4 is 26.6 Å². The van der Waals surface area contributed by atoms with E-state index in [0.29, 0.717) is 85.1 Å². The Morgan fingerprint density at radius 2 is 1.72 bits per heavy atom. The van der Waals surface area contributed by atoms with Crippen molar-refractivity contribution in [3.05, 3.63) is 51.7 Å². The summed E-state index contributed by atoms with van der Waals surface area (Å²) >= 11 is 7.48. The number of carbonyl (C=O) groups is 2. The molecular formula is C30H43ClN9O5S+. The van der Waals surface area contributed by atoms with E-state index in [4.69, 9.17) is 25.8 Å². The van der Waals surface area contributed by atoms with Gasteiger partial charge in [0, 0.05) is 38.8 Å². The fraction of sp³-hybridized carbons (Fsp3) is 0.500. The van der Waals surface area contributed by atoms with E-state index in [1.807, 2.05) is 32.0 Å². The van der Waals surface area contributed by atoms with Gasteiger partial charge in [0.25, 0.3) is 5.91 Å². The van der Waals surface area contributed by atoms with Crippen LogP contribution in [0.1, 0.15) is 21.1 Å². The largest absolute Gasteiger partial charge is 0.377 e. The van der Waals surface area contributed by atoms with E-state index >= 15 is 0 Å². The third kappa shape index (κ3) is 11.4. The predicted molar refractivity (Wildman–Crippen MR) is 178 cm³/mol. The summed E-state index contributed by atoms with van der Waals surface area (Å²) in [5.74, 6) is 1.66. The highest BCUT2D eigenvalue weighted by Gasteiger charge is 2.21. The molecule has 16 heteroatoms. The molecule has 0 spiro atoms. The number of hydrogen-bond acceptors (Lipinski definition) is 12. The number of para-hydroxylation sites is 1. The van der Waals surface area contributed by atoms with Gasteiger partial charge < -0.3 is 40.8 Å². The molecule has 0 radical (unpaired) electrons. The molecule has 250 valence electrons. The van der Waals surface area contributed by atoms with Crippen LogP contribution >= 0.6 is 22.9 Å². The topological polar surface area (TPSA) is 171 Å². The van der Waals surface area contributed by atoms with E-state index in [1.165, 1.54) is 17.5 Å².